The molecule has 5 nitrogen and oxygen atoms in total. The Morgan fingerprint density at radius 2 is 1.73 bits per heavy atom. The van der Waals surface area contributed by atoms with Crippen molar-refractivity contribution in [3.05, 3.63) is 35.4 Å². The molecule has 1 atom stereocenters. The first-order valence-electron chi connectivity index (χ1n) is 11.6. The number of aliphatic hydroxyl groups excluding tert-OH is 2. The van der Waals surface area contributed by atoms with Crippen LogP contribution in [0.5, 0.6) is 0 Å². The van der Waals surface area contributed by atoms with Crippen molar-refractivity contribution in [2.75, 3.05) is 45.9 Å². The highest BCUT2D eigenvalue weighted by atomic mass is 16.3. The van der Waals surface area contributed by atoms with Gasteiger partial charge in [-0.05, 0) is 63.9 Å². The zero-order valence-electron chi connectivity index (χ0n) is 18.8. The summed E-state index contributed by atoms with van der Waals surface area (Å²) in [5, 5.41) is 18.5. The van der Waals surface area contributed by atoms with E-state index in [0.29, 0.717) is 24.5 Å². The summed E-state index contributed by atoms with van der Waals surface area (Å²) in [6.45, 7) is 11.5. The molecule has 2 fully saturated rings. The quantitative estimate of drug-likeness (QED) is 0.671. The van der Waals surface area contributed by atoms with Crippen LogP contribution in [0.15, 0.2) is 24.3 Å². The van der Waals surface area contributed by atoms with E-state index in [1.807, 2.05) is 0 Å². The first-order valence-corrected chi connectivity index (χ1v) is 11.6. The fourth-order valence-electron chi connectivity index (χ4n) is 4.87. The molecule has 2 N–H and O–H groups in total. The third kappa shape index (κ3) is 6.54. The van der Waals surface area contributed by atoms with Gasteiger partial charge in [-0.1, -0.05) is 24.0 Å². The van der Waals surface area contributed by atoms with Crippen molar-refractivity contribution in [2.24, 2.45) is 0 Å². The molecule has 0 unspecified atom stereocenters. The molecule has 2 saturated heterocycles. The summed E-state index contributed by atoms with van der Waals surface area (Å²) in [4.78, 5) is 7.82. The highest BCUT2D eigenvalue weighted by molar-refractivity contribution is 5.36. The summed E-state index contributed by atoms with van der Waals surface area (Å²) in [5.41, 5.74) is 2.31. The van der Waals surface area contributed by atoms with Crippen molar-refractivity contribution in [3.8, 4) is 11.8 Å². The lowest BCUT2D eigenvalue weighted by Gasteiger charge is -2.48. The topological polar surface area (TPSA) is 50.2 Å². The smallest absolute Gasteiger partial charge is 0.0540 e. The van der Waals surface area contributed by atoms with Crippen molar-refractivity contribution >= 4 is 0 Å². The summed E-state index contributed by atoms with van der Waals surface area (Å²) in [6.07, 6.45) is 3.88. The van der Waals surface area contributed by atoms with Crippen molar-refractivity contribution in [2.45, 2.75) is 64.2 Å². The normalized spacial score (nSPS) is 22.2. The van der Waals surface area contributed by atoms with Crippen LogP contribution in [0.25, 0.3) is 0 Å². The average Bonchev–Trinajstić information content (AvgIpc) is 2.76. The monoisotopic (exact) mass is 413 g/mol. The number of piperidine rings is 1. The third-order valence-electron chi connectivity index (χ3n) is 6.60. The summed E-state index contributed by atoms with van der Waals surface area (Å²) in [7, 11) is 0. The summed E-state index contributed by atoms with van der Waals surface area (Å²) in [5.74, 6) is 6.07. The van der Waals surface area contributed by atoms with Gasteiger partial charge in [0.05, 0.1) is 6.61 Å². The van der Waals surface area contributed by atoms with Crippen molar-refractivity contribution in [1.29, 1.82) is 0 Å². The molecule has 0 radical (unpaired) electrons. The second-order valence-corrected chi connectivity index (χ2v) is 8.97. The van der Waals surface area contributed by atoms with Gasteiger partial charge in [0, 0.05) is 62.9 Å². The summed E-state index contributed by atoms with van der Waals surface area (Å²) in [6, 6.07) is 10.2. The number of benzene rings is 1. The maximum absolute atomic E-state index is 9.66. The number of hydrogen-bond acceptors (Lipinski definition) is 5. The van der Waals surface area contributed by atoms with Gasteiger partial charge < -0.3 is 15.1 Å². The minimum absolute atomic E-state index is 0.114. The van der Waals surface area contributed by atoms with Crippen molar-refractivity contribution in [3.63, 3.8) is 0 Å². The largest absolute Gasteiger partial charge is 0.396 e. The minimum atomic E-state index is 0.114. The Morgan fingerprint density at radius 3 is 2.37 bits per heavy atom. The molecular formula is C25H39N3O2. The molecule has 1 aromatic carbocycles. The van der Waals surface area contributed by atoms with Crippen LogP contribution in [0.3, 0.4) is 0 Å². The highest BCUT2D eigenvalue weighted by Gasteiger charge is 2.33. The molecule has 3 rings (SSSR count). The number of piperazine rings is 1. The number of hydrogen-bond donors (Lipinski definition) is 2. The molecule has 0 aromatic heterocycles. The fraction of sp³-hybridized carbons (Fsp3) is 0.680. The van der Waals surface area contributed by atoms with Crippen molar-refractivity contribution in [1.82, 2.24) is 14.7 Å². The molecule has 166 valence electrons. The molecule has 5 heteroatoms. The van der Waals surface area contributed by atoms with Crippen LogP contribution >= 0.6 is 0 Å². The van der Waals surface area contributed by atoms with Gasteiger partial charge in [0.15, 0.2) is 0 Å². The van der Waals surface area contributed by atoms with Crippen LogP contribution in [-0.4, -0.2) is 89.0 Å². The van der Waals surface area contributed by atoms with Gasteiger partial charge in [0.1, 0.15) is 0 Å². The van der Waals surface area contributed by atoms with Crippen LogP contribution in [-0.2, 0) is 6.54 Å². The van der Waals surface area contributed by atoms with Crippen LogP contribution in [0, 0.1) is 11.8 Å². The molecule has 2 aliphatic heterocycles. The molecule has 0 saturated carbocycles. The van der Waals surface area contributed by atoms with Gasteiger partial charge in [-0.25, -0.2) is 0 Å². The van der Waals surface area contributed by atoms with E-state index in [1.54, 1.807) is 0 Å². The number of rotatable bonds is 7. The predicted molar refractivity (Wildman–Crippen MR) is 122 cm³/mol. The Balaban J connectivity index is 1.54. The summed E-state index contributed by atoms with van der Waals surface area (Å²) >= 11 is 0. The molecule has 0 amide bonds. The molecule has 0 spiro atoms. The maximum Gasteiger partial charge on any atom is 0.0540 e. The van der Waals surface area contributed by atoms with Gasteiger partial charge in [-0.2, -0.15) is 0 Å². The maximum atomic E-state index is 9.66. The fourth-order valence-corrected chi connectivity index (χ4v) is 4.87. The van der Waals surface area contributed by atoms with E-state index in [0.717, 1.165) is 38.2 Å². The zero-order valence-corrected chi connectivity index (χ0v) is 18.8. The predicted octanol–water partition coefficient (Wildman–Crippen LogP) is 2.16. The number of nitrogens with zero attached hydrogens (tertiary/aromatic N) is 3. The van der Waals surface area contributed by atoms with Crippen LogP contribution in [0.1, 0.15) is 50.7 Å². The second-order valence-electron chi connectivity index (χ2n) is 8.97. The molecule has 30 heavy (non-hydrogen) atoms. The standard InChI is InChI=1S/C25H39N3O2/c1-21(2)27-13-10-24(11-14-27)28-16-15-26(20-25(28)12-18-30)19-23-8-6-22(7-9-23)5-3-4-17-29/h6-9,21,24-25,29-30H,4,10-20H2,1-2H3/t25-/m0/s1. The molecule has 2 heterocycles. The van der Waals surface area contributed by atoms with Gasteiger partial charge in [0.25, 0.3) is 0 Å². The SMILES string of the molecule is CC(C)N1CCC(N2CCN(Cc3ccc(C#CCCO)cc3)C[C@@H]2CCO)CC1. The van der Waals surface area contributed by atoms with E-state index in [1.165, 1.54) is 31.5 Å². The van der Waals surface area contributed by atoms with Crippen LogP contribution < -0.4 is 0 Å². The Bertz CT molecular complexity index is 687. The molecule has 0 aliphatic carbocycles. The van der Waals surface area contributed by atoms with Crippen LogP contribution in [0.4, 0.5) is 0 Å². The van der Waals surface area contributed by atoms with Crippen molar-refractivity contribution < 1.29 is 10.2 Å². The van der Waals surface area contributed by atoms with E-state index in [9.17, 15) is 5.11 Å². The van der Waals surface area contributed by atoms with Gasteiger partial charge >= 0.3 is 0 Å². The second kappa shape index (κ2) is 11.8. The van der Waals surface area contributed by atoms with E-state index in [2.05, 4.69) is 64.7 Å². The lowest BCUT2D eigenvalue weighted by atomic mass is 9.97. The van der Waals surface area contributed by atoms with Gasteiger partial charge in [-0.15, -0.1) is 0 Å². The first-order chi connectivity index (χ1) is 14.6. The van der Waals surface area contributed by atoms with E-state index >= 15 is 0 Å². The lowest BCUT2D eigenvalue weighted by molar-refractivity contribution is -0.0000295. The van der Waals surface area contributed by atoms with Gasteiger partial charge in [-0.3, -0.25) is 9.80 Å². The lowest BCUT2D eigenvalue weighted by Crippen LogP contribution is -2.58. The Kier molecular flexibility index (Phi) is 9.17. The molecule has 2 aliphatic rings. The summed E-state index contributed by atoms with van der Waals surface area (Å²) < 4.78 is 0. The van der Waals surface area contributed by atoms with Gasteiger partial charge in [0.2, 0.25) is 0 Å². The molecular weight excluding hydrogens is 374 g/mol. The highest BCUT2D eigenvalue weighted by Crippen LogP contribution is 2.25. The Labute approximate surface area is 182 Å². The third-order valence-corrected chi connectivity index (χ3v) is 6.60. The van der Waals surface area contributed by atoms with E-state index < -0.39 is 0 Å². The van der Waals surface area contributed by atoms with Crippen LogP contribution in [0.2, 0.25) is 0 Å². The van der Waals surface area contributed by atoms with E-state index in [-0.39, 0.29) is 13.2 Å². The Morgan fingerprint density at radius 1 is 1.00 bits per heavy atom. The number of likely N-dealkylation sites (tertiary alicyclic amines) is 1. The minimum Gasteiger partial charge on any atom is -0.396 e. The Hall–Kier alpha value is -1.42. The van der Waals surface area contributed by atoms with E-state index in [4.69, 9.17) is 5.11 Å². The molecule has 0 bridgehead atoms. The first kappa shape index (κ1) is 23.2. The molecule has 1 aromatic rings. The average molecular weight is 414 g/mol. The number of aliphatic hydroxyl groups is 2. The zero-order chi connectivity index (χ0) is 21.3.